The molecule has 0 rings (SSSR count). The summed E-state index contributed by atoms with van der Waals surface area (Å²) in [7, 11) is -3.89. The first-order valence-electron chi connectivity index (χ1n) is 4.67. The van der Waals surface area contributed by atoms with Crippen LogP contribution in [0.2, 0.25) is 0 Å². The van der Waals surface area contributed by atoms with Crippen LogP contribution in [-0.2, 0) is 19.6 Å². The molecule has 0 aromatic heterocycles. The summed E-state index contributed by atoms with van der Waals surface area (Å²) < 4.78 is 38.9. The van der Waals surface area contributed by atoms with Crippen LogP contribution < -0.4 is 0 Å². The van der Waals surface area contributed by atoms with Gasteiger partial charge in [-0.1, -0.05) is 13.3 Å². The van der Waals surface area contributed by atoms with E-state index in [4.69, 9.17) is 14.0 Å². The predicted molar refractivity (Wildman–Crippen MR) is 53.0 cm³/mol. The average Bonchev–Trinajstić information content (AvgIpc) is 2.08. The summed E-state index contributed by atoms with van der Waals surface area (Å²) in [5, 5.41) is 0. The molecule has 0 saturated carbocycles. The lowest BCUT2D eigenvalue weighted by atomic mass is 10.4. The van der Waals surface area contributed by atoms with Gasteiger partial charge in [-0.05, 0) is 6.42 Å². The van der Waals surface area contributed by atoms with E-state index in [-0.39, 0.29) is 12.4 Å². The third-order valence-electron chi connectivity index (χ3n) is 1.50. The number of ether oxygens (including phenoxy) is 2. The van der Waals surface area contributed by atoms with E-state index in [1.165, 1.54) is 0 Å². The first-order valence-corrected chi connectivity index (χ1v) is 6.28. The topological polar surface area (TPSA) is 72.8 Å². The first-order chi connectivity index (χ1) is 6.56. The summed E-state index contributed by atoms with van der Waals surface area (Å²) in [6, 6.07) is 0. The summed E-state index contributed by atoms with van der Waals surface area (Å²) in [5.74, 6) is -0.359. The summed E-state index contributed by atoms with van der Waals surface area (Å²) >= 11 is 0. The fourth-order valence-electron chi connectivity index (χ4n) is 0.733. The normalized spacial score (nSPS) is 11.9. The zero-order chi connectivity index (χ0) is 10.9. The molecule has 0 unspecified atom stereocenters. The molecule has 1 N–H and O–H groups in total. The minimum Gasteiger partial charge on any atom is -0.379 e. The van der Waals surface area contributed by atoms with Gasteiger partial charge in [0, 0.05) is 6.61 Å². The van der Waals surface area contributed by atoms with Crippen LogP contribution in [0.3, 0.4) is 0 Å². The molecule has 0 aliphatic rings. The maximum atomic E-state index is 10.2. The van der Waals surface area contributed by atoms with Gasteiger partial charge in [0.2, 0.25) is 0 Å². The highest BCUT2D eigenvalue weighted by Gasteiger charge is 2.02. The number of hydrogen-bond donors (Lipinski definition) is 1. The van der Waals surface area contributed by atoms with E-state index in [2.05, 4.69) is 6.92 Å². The molecule has 0 fully saturated rings. The Kier molecular flexibility index (Phi) is 8.07. The van der Waals surface area contributed by atoms with Crippen molar-refractivity contribution >= 4 is 10.1 Å². The summed E-state index contributed by atoms with van der Waals surface area (Å²) in [4.78, 5) is 0. The fourth-order valence-corrected chi connectivity index (χ4v) is 1.06. The standard InChI is InChI=1S/C8H18O5S/c1-2-3-4-12-5-6-13-7-8-14(9,10)11/h2-8H2,1H3,(H,9,10,11). The molecule has 14 heavy (non-hydrogen) atoms. The van der Waals surface area contributed by atoms with Crippen molar-refractivity contribution < 1.29 is 22.4 Å². The molecule has 0 aliphatic carbocycles. The molecular formula is C8H18O5S. The molecular weight excluding hydrogens is 208 g/mol. The van der Waals surface area contributed by atoms with Crippen molar-refractivity contribution in [2.45, 2.75) is 19.8 Å². The lowest BCUT2D eigenvalue weighted by Gasteiger charge is -2.04. The SMILES string of the molecule is CCCCOCCOCCS(=O)(=O)O. The minimum atomic E-state index is -3.89. The first kappa shape index (κ1) is 13.8. The van der Waals surface area contributed by atoms with Crippen LogP contribution in [0, 0.1) is 0 Å². The zero-order valence-electron chi connectivity index (χ0n) is 8.44. The molecule has 6 heteroatoms. The highest BCUT2D eigenvalue weighted by atomic mass is 32.2. The van der Waals surface area contributed by atoms with E-state index in [0.717, 1.165) is 12.8 Å². The second-order valence-electron chi connectivity index (χ2n) is 2.86. The third-order valence-corrected chi connectivity index (χ3v) is 2.18. The summed E-state index contributed by atoms with van der Waals surface area (Å²) in [5.41, 5.74) is 0. The van der Waals surface area contributed by atoms with Crippen LogP contribution in [0.15, 0.2) is 0 Å². The van der Waals surface area contributed by atoms with Crippen LogP contribution in [0.1, 0.15) is 19.8 Å². The van der Waals surface area contributed by atoms with Gasteiger partial charge in [-0.15, -0.1) is 0 Å². The quantitative estimate of drug-likeness (QED) is 0.463. The van der Waals surface area contributed by atoms with Gasteiger partial charge < -0.3 is 9.47 Å². The highest BCUT2D eigenvalue weighted by molar-refractivity contribution is 7.85. The third kappa shape index (κ3) is 11.8. The number of unbranched alkanes of at least 4 members (excludes halogenated alkanes) is 1. The molecule has 0 aliphatic heterocycles. The molecule has 0 spiro atoms. The zero-order valence-corrected chi connectivity index (χ0v) is 9.25. The molecule has 0 aromatic carbocycles. The van der Waals surface area contributed by atoms with Crippen molar-refractivity contribution in [1.82, 2.24) is 0 Å². The van der Waals surface area contributed by atoms with Crippen molar-refractivity contribution in [2.75, 3.05) is 32.2 Å². The maximum Gasteiger partial charge on any atom is 0.267 e. The van der Waals surface area contributed by atoms with Crippen molar-refractivity contribution in [2.24, 2.45) is 0 Å². The Hall–Kier alpha value is -0.170. The molecule has 5 nitrogen and oxygen atoms in total. The van der Waals surface area contributed by atoms with E-state index in [9.17, 15) is 8.42 Å². The fraction of sp³-hybridized carbons (Fsp3) is 1.00. The van der Waals surface area contributed by atoms with Crippen molar-refractivity contribution in [3.8, 4) is 0 Å². The Morgan fingerprint density at radius 1 is 1.07 bits per heavy atom. The Morgan fingerprint density at radius 3 is 2.14 bits per heavy atom. The Labute approximate surface area is 85.1 Å². The highest BCUT2D eigenvalue weighted by Crippen LogP contribution is 1.88. The second-order valence-corrected chi connectivity index (χ2v) is 4.44. The molecule has 0 heterocycles. The van der Waals surface area contributed by atoms with Crippen LogP contribution in [-0.4, -0.2) is 45.2 Å². The van der Waals surface area contributed by atoms with Gasteiger partial charge in [0.15, 0.2) is 0 Å². The maximum absolute atomic E-state index is 10.2. The molecule has 86 valence electrons. The van der Waals surface area contributed by atoms with Crippen LogP contribution in [0.4, 0.5) is 0 Å². The van der Waals surface area contributed by atoms with E-state index < -0.39 is 10.1 Å². The molecule has 0 aromatic rings. The Morgan fingerprint density at radius 2 is 1.64 bits per heavy atom. The van der Waals surface area contributed by atoms with Gasteiger partial charge in [-0.25, -0.2) is 0 Å². The number of rotatable bonds is 9. The molecule has 0 saturated heterocycles. The lowest BCUT2D eigenvalue weighted by Crippen LogP contribution is -2.13. The molecule has 0 radical (unpaired) electrons. The van der Waals surface area contributed by atoms with Crippen LogP contribution in [0.5, 0.6) is 0 Å². The molecule has 0 atom stereocenters. The van der Waals surface area contributed by atoms with Gasteiger partial charge in [0.25, 0.3) is 10.1 Å². The monoisotopic (exact) mass is 226 g/mol. The van der Waals surface area contributed by atoms with Gasteiger partial charge in [0.1, 0.15) is 0 Å². The van der Waals surface area contributed by atoms with E-state index in [0.29, 0.717) is 19.8 Å². The Balaban J connectivity index is 3.07. The van der Waals surface area contributed by atoms with E-state index in [1.54, 1.807) is 0 Å². The summed E-state index contributed by atoms with van der Waals surface area (Å²) in [6.45, 7) is 3.62. The average molecular weight is 226 g/mol. The van der Waals surface area contributed by atoms with E-state index >= 15 is 0 Å². The molecule has 0 bridgehead atoms. The summed E-state index contributed by atoms with van der Waals surface area (Å²) in [6.07, 6.45) is 2.11. The van der Waals surface area contributed by atoms with Gasteiger partial charge in [0.05, 0.1) is 25.6 Å². The van der Waals surface area contributed by atoms with Gasteiger partial charge in [-0.2, -0.15) is 8.42 Å². The largest absolute Gasteiger partial charge is 0.379 e. The molecule has 0 amide bonds. The number of hydrogen-bond acceptors (Lipinski definition) is 4. The predicted octanol–water partition coefficient (Wildman–Crippen LogP) is 0.708. The van der Waals surface area contributed by atoms with Gasteiger partial charge in [-0.3, -0.25) is 4.55 Å². The van der Waals surface area contributed by atoms with E-state index in [1.807, 2.05) is 0 Å². The Bertz CT molecular complexity index is 212. The van der Waals surface area contributed by atoms with Crippen molar-refractivity contribution in [3.63, 3.8) is 0 Å². The van der Waals surface area contributed by atoms with Crippen molar-refractivity contribution in [1.29, 1.82) is 0 Å². The van der Waals surface area contributed by atoms with Crippen molar-refractivity contribution in [3.05, 3.63) is 0 Å². The minimum absolute atomic E-state index is 0.00989. The van der Waals surface area contributed by atoms with Crippen LogP contribution in [0.25, 0.3) is 0 Å². The van der Waals surface area contributed by atoms with Crippen LogP contribution >= 0.6 is 0 Å². The lowest BCUT2D eigenvalue weighted by molar-refractivity contribution is 0.0521. The van der Waals surface area contributed by atoms with Gasteiger partial charge >= 0.3 is 0 Å². The second kappa shape index (κ2) is 8.16. The smallest absolute Gasteiger partial charge is 0.267 e.